The topological polar surface area (TPSA) is 24.7 Å². The van der Waals surface area contributed by atoms with E-state index in [0.717, 1.165) is 59.6 Å². The summed E-state index contributed by atoms with van der Waals surface area (Å²) in [4.78, 5) is 9.94. The van der Waals surface area contributed by atoms with Gasteiger partial charge in [-0.1, -0.05) is 109 Å². The molecule has 214 valence electrons. The molecule has 2 aromatic rings. The molecule has 0 aliphatic rings. The molecule has 0 aliphatic carbocycles. The normalized spacial score (nSPS) is 11.5. The molecule has 0 N–H and O–H groups in total. The van der Waals surface area contributed by atoms with Crippen LogP contribution in [-0.2, 0) is 0 Å². The standard InChI is InChI=1S/C38H52N2/c1-5-8-11-13-15-17-20-22-34-25-29-36(30-26-34)39-33(4)38(24-19-10-7-3)40-37-31-27-35(28-32-37)23-21-18-16-14-12-9-6-2/h25-32H,5-19,24H2,1-4H3. The first kappa shape index (κ1) is 33.1. The molecule has 0 radical (unpaired) electrons. The van der Waals surface area contributed by atoms with E-state index in [-0.39, 0.29) is 0 Å². The van der Waals surface area contributed by atoms with Crippen molar-refractivity contribution < 1.29 is 0 Å². The summed E-state index contributed by atoms with van der Waals surface area (Å²) < 4.78 is 0. The van der Waals surface area contributed by atoms with Crippen molar-refractivity contribution in [3.63, 3.8) is 0 Å². The molecule has 2 nitrogen and oxygen atoms in total. The third kappa shape index (κ3) is 14.9. The summed E-state index contributed by atoms with van der Waals surface area (Å²) in [6.45, 7) is 8.82. The first-order valence-corrected chi connectivity index (χ1v) is 16.0. The lowest BCUT2D eigenvalue weighted by Gasteiger charge is -2.07. The Kier molecular flexibility index (Phi) is 18.0. The van der Waals surface area contributed by atoms with E-state index in [1.54, 1.807) is 0 Å². The maximum Gasteiger partial charge on any atom is 0.0634 e. The highest BCUT2D eigenvalue weighted by Gasteiger charge is 2.06. The Bertz CT molecular complexity index is 1130. The van der Waals surface area contributed by atoms with Crippen LogP contribution in [-0.4, -0.2) is 11.4 Å². The number of hydrogen-bond donors (Lipinski definition) is 0. The molecule has 0 aliphatic heterocycles. The van der Waals surface area contributed by atoms with Crippen LogP contribution in [0.1, 0.15) is 142 Å². The van der Waals surface area contributed by atoms with Crippen molar-refractivity contribution in [2.24, 2.45) is 9.98 Å². The second kappa shape index (κ2) is 21.7. The molecule has 0 saturated carbocycles. The molecule has 0 spiro atoms. The SMILES string of the molecule is CCCCCCCC#Cc1ccc(N=C(C)C(CCCCC)=Nc2ccc(C#CCCCCCCC)cc2)cc1. The van der Waals surface area contributed by atoms with Crippen molar-refractivity contribution in [3.8, 4) is 23.7 Å². The molecule has 0 aromatic heterocycles. The molecule has 2 rings (SSSR count). The molecule has 0 atom stereocenters. The van der Waals surface area contributed by atoms with Crippen LogP contribution in [0.15, 0.2) is 58.5 Å². The quantitative estimate of drug-likeness (QED) is 0.109. The highest BCUT2D eigenvalue weighted by atomic mass is 14.8. The van der Waals surface area contributed by atoms with Gasteiger partial charge in [-0.15, -0.1) is 0 Å². The Labute approximate surface area is 246 Å². The lowest BCUT2D eigenvalue weighted by Crippen LogP contribution is -2.10. The summed E-state index contributed by atoms with van der Waals surface area (Å²) in [6.07, 6.45) is 19.3. The molecule has 0 heterocycles. The zero-order chi connectivity index (χ0) is 28.7. The van der Waals surface area contributed by atoms with Crippen LogP contribution in [0.5, 0.6) is 0 Å². The second-order valence-electron chi connectivity index (χ2n) is 10.7. The van der Waals surface area contributed by atoms with Gasteiger partial charge in [0.25, 0.3) is 0 Å². The molecule has 0 bridgehead atoms. The number of unbranched alkanes of at least 4 members (excludes halogenated alkanes) is 12. The summed E-state index contributed by atoms with van der Waals surface area (Å²) in [5.41, 5.74) is 6.07. The van der Waals surface area contributed by atoms with Gasteiger partial charge in [-0.3, -0.25) is 9.98 Å². The van der Waals surface area contributed by atoms with E-state index in [2.05, 4.69) is 99.9 Å². The molecule has 40 heavy (non-hydrogen) atoms. The minimum Gasteiger partial charge on any atom is -0.252 e. The molecule has 0 unspecified atom stereocenters. The van der Waals surface area contributed by atoms with Gasteiger partial charge in [0.05, 0.1) is 22.8 Å². The Balaban J connectivity index is 2.02. The van der Waals surface area contributed by atoms with Crippen molar-refractivity contribution in [1.82, 2.24) is 0 Å². The van der Waals surface area contributed by atoms with Crippen LogP contribution in [0.4, 0.5) is 11.4 Å². The van der Waals surface area contributed by atoms with E-state index in [9.17, 15) is 0 Å². The van der Waals surface area contributed by atoms with Gasteiger partial charge in [0.2, 0.25) is 0 Å². The minimum atomic E-state index is 0.935. The predicted molar refractivity (Wildman–Crippen MR) is 177 cm³/mol. The van der Waals surface area contributed by atoms with Crippen molar-refractivity contribution in [3.05, 3.63) is 59.7 Å². The minimum absolute atomic E-state index is 0.935. The summed E-state index contributed by atoms with van der Waals surface area (Å²) >= 11 is 0. The Morgan fingerprint density at radius 2 is 0.950 bits per heavy atom. The van der Waals surface area contributed by atoms with Gasteiger partial charge < -0.3 is 0 Å². The van der Waals surface area contributed by atoms with E-state index >= 15 is 0 Å². The van der Waals surface area contributed by atoms with Crippen molar-refractivity contribution >= 4 is 22.8 Å². The van der Waals surface area contributed by atoms with Gasteiger partial charge in [0.15, 0.2) is 0 Å². The van der Waals surface area contributed by atoms with Gasteiger partial charge >= 0.3 is 0 Å². The van der Waals surface area contributed by atoms with Crippen molar-refractivity contribution in [1.29, 1.82) is 0 Å². The molecule has 0 fully saturated rings. The number of nitrogens with zero attached hydrogens (tertiary/aromatic N) is 2. The molecule has 2 aromatic carbocycles. The molecule has 0 amide bonds. The average Bonchev–Trinajstić information content (AvgIpc) is 2.97. The van der Waals surface area contributed by atoms with E-state index in [1.807, 2.05) is 0 Å². The van der Waals surface area contributed by atoms with Crippen LogP contribution < -0.4 is 0 Å². The summed E-state index contributed by atoms with van der Waals surface area (Å²) in [6, 6.07) is 16.6. The third-order valence-corrected chi connectivity index (χ3v) is 7.01. The van der Waals surface area contributed by atoms with E-state index in [4.69, 9.17) is 9.98 Å². The van der Waals surface area contributed by atoms with Crippen LogP contribution in [0, 0.1) is 23.7 Å². The maximum absolute atomic E-state index is 5.02. The highest BCUT2D eigenvalue weighted by Crippen LogP contribution is 2.18. The fraction of sp³-hybridized carbons (Fsp3) is 0.526. The first-order valence-electron chi connectivity index (χ1n) is 16.0. The lowest BCUT2D eigenvalue weighted by atomic mass is 10.1. The van der Waals surface area contributed by atoms with Gasteiger partial charge in [-0.25, -0.2) is 0 Å². The Hall–Kier alpha value is -3.10. The maximum atomic E-state index is 5.02. The zero-order valence-corrected chi connectivity index (χ0v) is 25.8. The van der Waals surface area contributed by atoms with Crippen molar-refractivity contribution in [2.75, 3.05) is 0 Å². The third-order valence-electron chi connectivity index (χ3n) is 7.01. The molecular formula is C38H52N2. The van der Waals surface area contributed by atoms with Gasteiger partial charge in [0.1, 0.15) is 0 Å². The van der Waals surface area contributed by atoms with Gasteiger partial charge in [-0.2, -0.15) is 0 Å². The fourth-order valence-electron chi connectivity index (χ4n) is 4.48. The van der Waals surface area contributed by atoms with Gasteiger partial charge in [0, 0.05) is 24.0 Å². The average molecular weight is 537 g/mol. The smallest absolute Gasteiger partial charge is 0.0634 e. The van der Waals surface area contributed by atoms with Crippen LogP contribution in [0.2, 0.25) is 0 Å². The van der Waals surface area contributed by atoms with Crippen LogP contribution in [0.25, 0.3) is 0 Å². The Morgan fingerprint density at radius 1 is 0.525 bits per heavy atom. The number of hydrogen-bond acceptors (Lipinski definition) is 2. The molecular weight excluding hydrogens is 484 g/mol. The molecule has 0 saturated heterocycles. The summed E-state index contributed by atoms with van der Waals surface area (Å²) in [5.74, 6) is 13.3. The van der Waals surface area contributed by atoms with E-state index in [0.29, 0.717) is 0 Å². The summed E-state index contributed by atoms with van der Waals surface area (Å²) in [7, 11) is 0. The second-order valence-corrected chi connectivity index (χ2v) is 10.7. The highest BCUT2D eigenvalue weighted by molar-refractivity contribution is 6.42. The van der Waals surface area contributed by atoms with E-state index < -0.39 is 0 Å². The Morgan fingerprint density at radius 3 is 1.43 bits per heavy atom. The molecule has 2 heteroatoms. The van der Waals surface area contributed by atoms with Crippen LogP contribution in [0.3, 0.4) is 0 Å². The number of rotatable bonds is 17. The van der Waals surface area contributed by atoms with Gasteiger partial charge in [-0.05, 0) is 81.1 Å². The van der Waals surface area contributed by atoms with E-state index in [1.165, 1.54) is 77.0 Å². The lowest BCUT2D eigenvalue weighted by molar-refractivity contribution is 0.641. The largest absolute Gasteiger partial charge is 0.252 e. The summed E-state index contributed by atoms with van der Waals surface area (Å²) in [5, 5.41) is 0. The zero-order valence-electron chi connectivity index (χ0n) is 25.8. The predicted octanol–water partition coefficient (Wildman–Crippen LogP) is 11.6. The first-order chi connectivity index (χ1) is 19.7. The van der Waals surface area contributed by atoms with Crippen molar-refractivity contribution in [2.45, 2.75) is 130 Å². The number of benzene rings is 2. The fourth-order valence-corrected chi connectivity index (χ4v) is 4.48. The van der Waals surface area contributed by atoms with Crippen LogP contribution >= 0.6 is 0 Å². The monoisotopic (exact) mass is 536 g/mol. The number of aliphatic imine (C=N–C) groups is 2.